The van der Waals surface area contributed by atoms with Crippen LogP contribution in [0.3, 0.4) is 0 Å². The lowest BCUT2D eigenvalue weighted by atomic mass is 10.1. The zero-order chi connectivity index (χ0) is 14.0. The summed E-state index contributed by atoms with van der Waals surface area (Å²) in [6.45, 7) is 4.35. The minimum Gasteiger partial charge on any atom is -0.508 e. The molecule has 0 amide bonds. The second-order valence-corrected chi connectivity index (χ2v) is 5.16. The smallest absolute Gasteiger partial charge is 0.154 e. The molecule has 2 N–H and O–H groups in total. The first-order valence-electron chi connectivity index (χ1n) is 5.82. The van der Waals surface area contributed by atoms with Crippen LogP contribution in [-0.4, -0.2) is 10.1 Å². The molecule has 1 aromatic heterocycles. The minimum absolute atomic E-state index is 0.258. The summed E-state index contributed by atoms with van der Waals surface area (Å²) in [5.41, 5.74) is 3.54. The maximum Gasteiger partial charge on any atom is 0.154 e. The van der Waals surface area contributed by atoms with Gasteiger partial charge in [-0.2, -0.15) is 0 Å². The average Bonchev–Trinajstić information content (AvgIpc) is 2.32. The lowest BCUT2D eigenvalue weighted by Crippen LogP contribution is -2.03. The van der Waals surface area contributed by atoms with Crippen LogP contribution in [0.15, 0.2) is 24.3 Å². The Morgan fingerprint density at radius 3 is 2.63 bits per heavy atom. The Balaban J connectivity index is 2.21. The topological polar surface area (TPSA) is 45.1 Å². The van der Waals surface area contributed by atoms with Crippen LogP contribution in [0, 0.1) is 13.8 Å². The molecule has 1 heterocycles. The van der Waals surface area contributed by atoms with Crippen molar-refractivity contribution in [3.8, 4) is 5.75 Å². The first kappa shape index (κ1) is 14.0. The number of phenols is 1. The quantitative estimate of drug-likeness (QED) is 0.829. The summed E-state index contributed by atoms with van der Waals surface area (Å²) < 4.78 is 0. The van der Waals surface area contributed by atoms with Crippen LogP contribution in [0.5, 0.6) is 5.75 Å². The molecule has 1 aromatic carbocycles. The van der Waals surface area contributed by atoms with Crippen LogP contribution < -0.4 is 5.32 Å². The van der Waals surface area contributed by atoms with E-state index in [1.54, 1.807) is 12.1 Å². The van der Waals surface area contributed by atoms with E-state index in [1.165, 1.54) is 0 Å². The zero-order valence-corrected chi connectivity index (χ0v) is 12.2. The molecule has 0 saturated carbocycles. The third-order valence-corrected chi connectivity index (χ3v) is 3.30. The summed E-state index contributed by atoms with van der Waals surface area (Å²) in [7, 11) is 0. The summed E-state index contributed by atoms with van der Waals surface area (Å²) in [4.78, 5) is 3.99. The van der Waals surface area contributed by atoms with Crippen molar-refractivity contribution in [2.24, 2.45) is 0 Å². The summed E-state index contributed by atoms with van der Waals surface area (Å²) in [5.74, 6) is 0.258. The highest BCUT2D eigenvalue weighted by Gasteiger charge is 2.08. The molecule has 0 aliphatic rings. The molecule has 0 unspecified atom stereocenters. The van der Waals surface area contributed by atoms with Gasteiger partial charge in [0.1, 0.15) is 10.9 Å². The molecule has 0 radical (unpaired) electrons. The molecule has 19 heavy (non-hydrogen) atoms. The Kier molecular flexibility index (Phi) is 4.17. The molecule has 5 heteroatoms. The van der Waals surface area contributed by atoms with E-state index in [0.29, 0.717) is 16.9 Å². The number of aryl methyl sites for hydroxylation is 2. The van der Waals surface area contributed by atoms with Crippen LogP contribution >= 0.6 is 23.2 Å². The number of rotatable bonds is 3. The van der Waals surface area contributed by atoms with Gasteiger partial charge in [-0.15, -0.1) is 0 Å². The van der Waals surface area contributed by atoms with Gasteiger partial charge in [-0.3, -0.25) is 0 Å². The van der Waals surface area contributed by atoms with Crippen molar-refractivity contribution in [1.82, 2.24) is 4.98 Å². The van der Waals surface area contributed by atoms with Gasteiger partial charge in [0.05, 0.1) is 5.69 Å². The fourth-order valence-electron chi connectivity index (χ4n) is 1.85. The normalized spacial score (nSPS) is 10.5. The number of aromatic hydroxyl groups is 1. The Labute approximate surface area is 122 Å². The molecule has 0 bridgehead atoms. The summed E-state index contributed by atoms with van der Waals surface area (Å²) >= 11 is 11.9. The first-order valence-corrected chi connectivity index (χ1v) is 6.58. The number of nitrogens with zero attached hydrogens (tertiary/aromatic N) is 1. The van der Waals surface area contributed by atoms with Crippen LogP contribution in [-0.2, 0) is 6.54 Å². The standard InChI is InChI=1S/C14H14Cl2N2O/c1-8-3-4-11(19)10(5-8)7-17-13-9(2)6-12(15)18-14(13)16/h3-6,17,19H,7H2,1-2H3. The second kappa shape index (κ2) is 5.68. The van der Waals surface area contributed by atoms with Gasteiger partial charge < -0.3 is 10.4 Å². The molecular formula is C14H14Cl2N2O. The molecular weight excluding hydrogens is 283 g/mol. The summed E-state index contributed by atoms with van der Waals surface area (Å²) in [5, 5.41) is 13.7. The predicted molar refractivity (Wildman–Crippen MR) is 79.2 cm³/mol. The fourth-order valence-corrected chi connectivity index (χ4v) is 2.45. The van der Waals surface area contributed by atoms with E-state index in [0.717, 1.165) is 22.4 Å². The van der Waals surface area contributed by atoms with Crippen molar-refractivity contribution in [3.63, 3.8) is 0 Å². The van der Waals surface area contributed by atoms with Crippen LogP contribution in [0.4, 0.5) is 5.69 Å². The number of hydrogen-bond acceptors (Lipinski definition) is 3. The minimum atomic E-state index is 0.258. The van der Waals surface area contributed by atoms with Gasteiger partial charge in [0, 0.05) is 12.1 Å². The number of benzene rings is 1. The SMILES string of the molecule is Cc1ccc(O)c(CNc2c(C)cc(Cl)nc2Cl)c1. The van der Waals surface area contributed by atoms with Gasteiger partial charge in [0.15, 0.2) is 5.15 Å². The third-order valence-electron chi connectivity index (χ3n) is 2.83. The highest BCUT2D eigenvalue weighted by molar-refractivity contribution is 6.34. The molecule has 3 nitrogen and oxygen atoms in total. The molecule has 0 spiro atoms. The molecule has 0 aliphatic carbocycles. The third kappa shape index (κ3) is 3.31. The first-order chi connectivity index (χ1) is 8.97. The van der Waals surface area contributed by atoms with E-state index in [9.17, 15) is 5.11 Å². The van der Waals surface area contributed by atoms with Crippen molar-refractivity contribution in [3.05, 3.63) is 51.3 Å². The van der Waals surface area contributed by atoms with Gasteiger partial charge in [-0.05, 0) is 31.5 Å². The van der Waals surface area contributed by atoms with E-state index in [2.05, 4.69) is 10.3 Å². The van der Waals surface area contributed by atoms with Gasteiger partial charge in [0.2, 0.25) is 0 Å². The molecule has 0 saturated heterocycles. The Morgan fingerprint density at radius 2 is 1.95 bits per heavy atom. The van der Waals surface area contributed by atoms with Gasteiger partial charge in [-0.25, -0.2) is 4.98 Å². The molecule has 2 rings (SSSR count). The predicted octanol–water partition coefficient (Wildman–Crippen LogP) is 4.32. The van der Waals surface area contributed by atoms with Crippen LogP contribution in [0.25, 0.3) is 0 Å². The molecule has 2 aromatic rings. The fraction of sp³-hybridized carbons (Fsp3) is 0.214. The number of halogens is 2. The van der Waals surface area contributed by atoms with Crippen molar-refractivity contribution >= 4 is 28.9 Å². The number of hydrogen-bond donors (Lipinski definition) is 2. The van der Waals surface area contributed by atoms with Gasteiger partial charge in [0.25, 0.3) is 0 Å². The van der Waals surface area contributed by atoms with Crippen molar-refractivity contribution in [1.29, 1.82) is 0 Å². The number of phenolic OH excluding ortho intramolecular Hbond substituents is 1. The highest BCUT2D eigenvalue weighted by atomic mass is 35.5. The van der Waals surface area contributed by atoms with E-state index in [-0.39, 0.29) is 5.75 Å². The second-order valence-electron chi connectivity index (χ2n) is 4.41. The molecule has 0 fully saturated rings. The Bertz CT molecular complexity index is 591. The maximum atomic E-state index is 9.79. The van der Waals surface area contributed by atoms with E-state index >= 15 is 0 Å². The van der Waals surface area contributed by atoms with Crippen molar-refractivity contribution in [2.45, 2.75) is 20.4 Å². The van der Waals surface area contributed by atoms with Gasteiger partial charge >= 0.3 is 0 Å². The van der Waals surface area contributed by atoms with Crippen LogP contribution in [0.1, 0.15) is 16.7 Å². The van der Waals surface area contributed by atoms with E-state index in [4.69, 9.17) is 23.2 Å². The van der Waals surface area contributed by atoms with Crippen molar-refractivity contribution < 1.29 is 5.11 Å². The van der Waals surface area contributed by atoms with E-state index < -0.39 is 0 Å². The highest BCUT2D eigenvalue weighted by Crippen LogP contribution is 2.28. The monoisotopic (exact) mass is 296 g/mol. The Morgan fingerprint density at radius 1 is 1.21 bits per heavy atom. The number of aromatic nitrogens is 1. The number of pyridine rings is 1. The van der Waals surface area contributed by atoms with Crippen LogP contribution in [0.2, 0.25) is 10.3 Å². The van der Waals surface area contributed by atoms with Gasteiger partial charge in [-0.1, -0.05) is 40.9 Å². The number of nitrogens with one attached hydrogen (secondary N) is 1. The maximum absolute atomic E-state index is 9.79. The average molecular weight is 297 g/mol. The molecule has 0 atom stereocenters. The lowest BCUT2D eigenvalue weighted by molar-refractivity contribution is 0.469. The number of anilines is 1. The lowest BCUT2D eigenvalue weighted by Gasteiger charge is -2.12. The Hall–Kier alpha value is -1.45. The molecule has 0 aliphatic heterocycles. The molecule has 100 valence electrons. The zero-order valence-electron chi connectivity index (χ0n) is 10.7. The van der Waals surface area contributed by atoms with E-state index in [1.807, 2.05) is 26.0 Å². The van der Waals surface area contributed by atoms with Crippen molar-refractivity contribution in [2.75, 3.05) is 5.32 Å². The summed E-state index contributed by atoms with van der Waals surface area (Å²) in [6.07, 6.45) is 0. The summed E-state index contributed by atoms with van der Waals surface area (Å²) in [6, 6.07) is 7.21. The largest absolute Gasteiger partial charge is 0.508 e.